The summed E-state index contributed by atoms with van der Waals surface area (Å²) in [5.74, 6) is 3.18. The number of carboxylic acids is 1. The lowest BCUT2D eigenvalue weighted by Crippen LogP contribution is -2.57. The zero-order chi connectivity index (χ0) is 57.7. The maximum atomic E-state index is 13.1. The summed E-state index contributed by atoms with van der Waals surface area (Å²) in [6, 6.07) is 25.7. The van der Waals surface area contributed by atoms with Crippen molar-refractivity contribution in [2.45, 2.75) is 75.7 Å². The average molecular weight is 1130 g/mol. The van der Waals surface area contributed by atoms with Gasteiger partial charge >= 0.3 is 5.97 Å². The predicted octanol–water partition coefficient (Wildman–Crippen LogP) is 7.00. The lowest BCUT2D eigenvalue weighted by Gasteiger charge is -2.44. The summed E-state index contributed by atoms with van der Waals surface area (Å²) in [5.41, 5.74) is 9.81. The molecule has 12 heterocycles. The highest BCUT2D eigenvalue weighted by Gasteiger charge is 2.36. The van der Waals surface area contributed by atoms with Crippen molar-refractivity contribution in [3.63, 3.8) is 0 Å². The first kappa shape index (κ1) is 57.6. The minimum atomic E-state index is -1.13. The Morgan fingerprint density at radius 3 is 1.48 bits per heavy atom. The van der Waals surface area contributed by atoms with E-state index in [-0.39, 0.29) is 41.5 Å². The molecular formula is C60H68N14O9. The number of nitrogens with one attached hydrogen (secondary N) is 3. The van der Waals surface area contributed by atoms with Crippen LogP contribution in [0.2, 0.25) is 0 Å². The van der Waals surface area contributed by atoms with Crippen LogP contribution in [0, 0.1) is 34.5 Å². The Kier molecular flexibility index (Phi) is 19.1. The number of fused-ring (bicyclic) bond motifs is 6. The summed E-state index contributed by atoms with van der Waals surface area (Å²) in [4.78, 5) is 55.1. The van der Waals surface area contributed by atoms with Gasteiger partial charge in [-0.25, -0.2) is 24.7 Å². The number of carboxylic acid groups (broad SMARTS) is 1. The highest BCUT2D eigenvalue weighted by atomic mass is 16.5. The fourth-order valence-electron chi connectivity index (χ4n) is 11.2. The smallest absolute Gasteiger partial charge is 0.341 e. The number of carbonyl (C=O) groups excluding carboxylic acids is 1. The summed E-state index contributed by atoms with van der Waals surface area (Å²) in [7, 11) is 2.85. The number of rotatable bonds is 15. The van der Waals surface area contributed by atoms with Crippen molar-refractivity contribution in [3.8, 4) is 57.9 Å². The summed E-state index contributed by atoms with van der Waals surface area (Å²) in [5, 5.41) is 37.9. The first-order valence-electron chi connectivity index (χ1n) is 28.1. The molecule has 23 heteroatoms. The van der Waals surface area contributed by atoms with Crippen LogP contribution < -0.4 is 40.6 Å². The number of ether oxygens (including phenoxy) is 6. The number of aromatic nitrogens is 6. The van der Waals surface area contributed by atoms with E-state index in [9.17, 15) is 25.2 Å². The Balaban J connectivity index is 0.000000163. The van der Waals surface area contributed by atoms with Crippen molar-refractivity contribution in [3.05, 3.63) is 108 Å². The van der Waals surface area contributed by atoms with Crippen LogP contribution in [0.4, 0.5) is 23.3 Å². The van der Waals surface area contributed by atoms with E-state index in [1.54, 1.807) is 42.5 Å². The van der Waals surface area contributed by atoms with Gasteiger partial charge in [0.1, 0.15) is 82.9 Å². The fourth-order valence-corrected chi connectivity index (χ4v) is 11.2. The van der Waals surface area contributed by atoms with Crippen molar-refractivity contribution in [1.29, 1.82) is 10.5 Å². The highest BCUT2D eigenvalue weighted by Crippen LogP contribution is 2.33. The second kappa shape index (κ2) is 27.5. The van der Waals surface area contributed by atoms with Crippen LogP contribution in [0.15, 0.2) is 85.5 Å². The van der Waals surface area contributed by atoms with Crippen LogP contribution in [-0.2, 0) is 9.47 Å². The van der Waals surface area contributed by atoms with Crippen LogP contribution in [0.3, 0.4) is 0 Å². The van der Waals surface area contributed by atoms with Gasteiger partial charge in [0.05, 0.1) is 63.2 Å². The predicted molar refractivity (Wildman–Crippen MR) is 306 cm³/mol. The molecule has 6 N–H and O–H groups in total. The van der Waals surface area contributed by atoms with Crippen LogP contribution in [0.25, 0.3) is 22.5 Å². The van der Waals surface area contributed by atoms with E-state index >= 15 is 0 Å². The summed E-state index contributed by atoms with van der Waals surface area (Å²) < 4.78 is 33.4. The number of pyridine rings is 2. The number of hydrogen-bond acceptors (Lipinski definition) is 21. The summed E-state index contributed by atoms with van der Waals surface area (Å²) >= 11 is 0. The molecule has 6 aromatic rings. The lowest BCUT2D eigenvalue weighted by molar-refractivity contribution is 0.0252. The van der Waals surface area contributed by atoms with Gasteiger partial charge in [0.2, 0.25) is 11.8 Å². The van der Waals surface area contributed by atoms with E-state index in [4.69, 9.17) is 34.2 Å². The standard InChI is InChI=1S/C30H33N7O4.C23H21N5O5.C7H14N2/c1-39-30-23(29(38)34-25-17-37-10-6-19(25)7-11-37)3-5-27(36-30)35-28-15-24(32-18-33-28)20-2-4-26(21(14-20)16-31)41-22-8-12-40-13-9-22;1-31-22-17(23(29)30)3-5-20(28-22)27-21-11-18(25-13-26-21)14-2-4-19(15(10-14)12-24)33-16-6-8-32-9-7-16;8-7-5-9-3-1-6(7)2-4-9/h2-5,14-15,18-19,22,25H,6-13,17H2,1H3,(H,34,38)(H,32,33,35,36);2-5,10-11,13,16H,6-9H2,1H3,(H,29,30)(H,25,26,27,28);6-7H,1-5,8H2. The van der Waals surface area contributed by atoms with E-state index in [1.165, 1.54) is 64.9 Å². The number of piperidine rings is 6. The van der Waals surface area contributed by atoms with Crippen LogP contribution >= 0.6 is 0 Å². The number of methoxy groups -OCH3 is 2. The minimum Gasteiger partial charge on any atom is -0.489 e. The van der Waals surface area contributed by atoms with Crippen molar-refractivity contribution >= 4 is 35.1 Å². The molecule has 23 nitrogen and oxygen atoms in total. The molecule has 8 fully saturated rings. The molecule has 0 saturated carbocycles. The molecule has 8 aliphatic rings. The maximum Gasteiger partial charge on any atom is 0.341 e. The monoisotopic (exact) mass is 1130 g/mol. The Bertz CT molecular complexity index is 3310. The van der Waals surface area contributed by atoms with Gasteiger partial charge in [-0.15, -0.1) is 0 Å². The SMILES string of the molecule is COc1nc(Nc2cc(-c3ccc(OC4CCOCC4)c(C#N)c3)ncn2)ccc1C(=O)NC1CN2CCC1CC2.COc1nc(Nc2cc(-c3ccc(OC4CCOCC4)c(C#N)c3)ncn2)ccc1C(=O)O.NC1CN2CCC1CC2. The summed E-state index contributed by atoms with van der Waals surface area (Å²) in [6.07, 6.45) is 11.0. The number of anilines is 4. The molecule has 2 unspecified atom stereocenters. The number of carbonyl (C=O) groups is 2. The van der Waals surface area contributed by atoms with E-state index in [0.717, 1.165) is 81.7 Å². The van der Waals surface area contributed by atoms with E-state index in [0.29, 0.717) is 101 Å². The molecule has 4 bridgehead atoms. The lowest BCUT2D eigenvalue weighted by atomic mass is 9.84. The van der Waals surface area contributed by atoms with Crippen molar-refractivity contribution in [1.82, 2.24) is 45.0 Å². The number of aromatic carboxylic acids is 1. The van der Waals surface area contributed by atoms with Gasteiger partial charge < -0.3 is 65.0 Å². The largest absolute Gasteiger partial charge is 0.489 e. The number of hydrogen-bond donors (Lipinski definition) is 5. The Morgan fingerprint density at radius 2 is 1.07 bits per heavy atom. The Hall–Kier alpha value is -8.58. The Morgan fingerprint density at radius 1 is 0.602 bits per heavy atom. The Labute approximate surface area is 481 Å². The van der Waals surface area contributed by atoms with Gasteiger partial charge in [-0.1, -0.05) is 0 Å². The maximum absolute atomic E-state index is 13.1. The molecule has 0 aliphatic carbocycles. The molecule has 2 aromatic carbocycles. The van der Waals surface area contributed by atoms with Crippen LogP contribution in [-0.4, -0.2) is 161 Å². The topological polar surface area (TPSA) is 303 Å². The van der Waals surface area contributed by atoms with Gasteiger partial charge in [0, 0.05) is 74.1 Å². The van der Waals surface area contributed by atoms with Gasteiger partial charge in [-0.2, -0.15) is 20.5 Å². The number of amides is 1. The van der Waals surface area contributed by atoms with Gasteiger partial charge in [0.15, 0.2) is 0 Å². The molecule has 8 aliphatic heterocycles. The number of nitriles is 2. The van der Waals surface area contributed by atoms with Crippen molar-refractivity contribution in [2.24, 2.45) is 17.6 Å². The minimum absolute atomic E-state index is 0.0134. The van der Waals surface area contributed by atoms with Crippen molar-refractivity contribution < 1.29 is 43.1 Å². The normalized spacial score (nSPS) is 21.7. The van der Waals surface area contributed by atoms with Gasteiger partial charge in [-0.05, 0) is 124 Å². The quantitative estimate of drug-likeness (QED) is 0.0691. The average Bonchev–Trinajstić information content (AvgIpc) is 3.72. The zero-order valence-electron chi connectivity index (χ0n) is 46.5. The second-order valence-corrected chi connectivity index (χ2v) is 21.2. The fraction of sp³-hybridized carbons (Fsp3) is 0.433. The number of nitrogens with zero attached hydrogens (tertiary/aromatic N) is 10. The molecule has 2 atom stereocenters. The van der Waals surface area contributed by atoms with Crippen molar-refractivity contribution in [2.75, 3.05) is 90.5 Å². The first-order chi connectivity index (χ1) is 40.5. The third-order valence-electron chi connectivity index (χ3n) is 15.8. The van der Waals surface area contributed by atoms with E-state index in [1.807, 2.05) is 18.2 Å². The molecule has 432 valence electrons. The zero-order valence-corrected chi connectivity index (χ0v) is 46.5. The molecular weight excluding hydrogens is 1060 g/mol. The van der Waals surface area contributed by atoms with Crippen LogP contribution in [0.1, 0.15) is 83.2 Å². The van der Waals surface area contributed by atoms with Gasteiger partial charge in [-0.3, -0.25) is 4.79 Å². The van der Waals surface area contributed by atoms with E-state index in [2.05, 4.69) is 67.8 Å². The molecule has 14 rings (SSSR count). The first-order valence-corrected chi connectivity index (χ1v) is 28.1. The molecule has 1 amide bonds. The van der Waals surface area contributed by atoms with Gasteiger partial charge in [0.25, 0.3) is 5.91 Å². The molecule has 83 heavy (non-hydrogen) atoms. The number of nitrogens with two attached hydrogens (primary N) is 1. The molecule has 0 spiro atoms. The molecule has 8 saturated heterocycles. The second-order valence-electron chi connectivity index (χ2n) is 21.2. The number of benzene rings is 2. The summed E-state index contributed by atoms with van der Waals surface area (Å²) in [6.45, 7) is 9.52. The molecule has 0 radical (unpaired) electrons. The highest BCUT2D eigenvalue weighted by molar-refractivity contribution is 5.97. The third kappa shape index (κ3) is 14.7. The van der Waals surface area contributed by atoms with Crippen LogP contribution in [0.5, 0.6) is 23.3 Å². The van der Waals surface area contributed by atoms with E-state index < -0.39 is 5.97 Å². The third-order valence-corrected chi connectivity index (χ3v) is 15.8. The molecule has 4 aromatic heterocycles.